The molecule has 1 aromatic heterocycles. The summed E-state index contributed by atoms with van der Waals surface area (Å²) in [7, 11) is 0. The number of allylic oxidation sites excluding steroid dienone is 1. The van der Waals surface area contributed by atoms with Crippen molar-refractivity contribution in [3.05, 3.63) is 32.7 Å². The fraction of sp³-hybridized carbons (Fsp3) is 0.267. The highest BCUT2D eigenvalue weighted by atomic mass is 79.9. The van der Waals surface area contributed by atoms with Crippen LogP contribution in [0.5, 0.6) is 0 Å². The number of ketones is 2. The number of aromatic nitrogens is 1. The summed E-state index contributed by atoms with van der Waals surface area (Å²) in [5.74, 6) is -0.765. The van der Waals surface area contributed by atoms with Gasteiger partial charge in [0.1, 0.15) is 11.3 Å². The molecule has 1 saturated carbocycles. The van der Waals surface area contributed by atoms with E-state index >= 15 is 0 Å². The second-order valence-corrected chi connectivity index (χ2v) is 7.28. The van der Waals surface area contributed by atoms with Crippen LogP contribution in [0.15, 0.2) is 21.6 Å². The Morgan fingerprint density at radius 2 is 1.95 bits per heavy atom. The third-order valence-electron chi connectivity index (χ3n) is 3.65. The summed E-state index contributed by atoms with van der Waals surface area (Å²) in [5.41, 5.74) is 1.98. The average molecular weight is 366 g/mol. The quantitative estimate of drug-likeness (QED) is 0.471. The normalized spacial score (nSPS) is 15.8. The van der Waals surface area contributed by atoms with Gasteiger partial charge in [-0.15, -0.1) is 11.3 Å². The van der Waals surface area contributed by atoms with Gasteiger partial charge in [-0.05, 0) is 47.0 Å². The summed E-state index contributed by atoms with van der Waals surface area (Å²) in [6.07, 6.45) is 1.19. The van der Waals surface area contributed by atoms with E-state index in [4.69, 9.17) is 0 Å². The van der Waals surface area contributed by atoms with Crippen molar-refractivity contribution in [3.63, 3.8) is 0 Å². The first kappa shape index (κ1) is 14.4. The molecule has 1 aliphatic carbocycles. The van der Waals surface area contributed by atoms with Crippen molar-refractivity contribution >= 4 is 54.8 Å². The van der Waals surface area contributed by atoms with Crippen LogP contribution in [-0.2, 0) is 9.59 Å². The number of aliphatic hydroxyl groups excluding tert-OH is 1. The Hall–Kier alpha value is -1.53. The molecule has 1 fully saturated rings. The minimum atomic E-state index is -0.275. The van der Waals surface area contributed by atoms with Gasteiger partial charge in [-0.3, -0.25) is 9.59 Å². The Morgan fingerprint density at radius 3 is 2.62 bits per heavy atom. The van der Waals surface area contributed by atoms with Crippen LogP contribution in [0.2, 0.25) is 0 Å². The first-order valence-electron chi connectivity index (χ1n) is 6.54. The van der Waals surface area contributed by atoms with E-state index in [1.165, 1.54) is 11.3 Å². The molecule has 4 nitrogen and oxygen atoms in total. The topological polar surface area (TPSA) is 67.3 Å². The van der Waals surface area contributed by atoms with E-state index < -0.39 is 0 Å². The largest absolute Gasteiger partial charge is 0.506 e. The highest BCUT2D eigenvalue weighted by molar-refractivity contribution is 9.11. The van der Waals surface area contributed by atoms with Gasteiger partial charge in [0.25, 0.3) is 0 Å². The van der Waals surface area contributed by atoms with Crippen LogP contribution in [0.1, 0.15) is 30.4 Å². The minimum absolute atomic E-state index is 0.0574. The number of carbonyl (C=O) groups excluding carboxylic acids is 2. The maximum absolute atomic E-state index is 11.9. The van der Waals surface area contributed by atoms with Gasteiger partial charge in [0.2, 0.25) is 0 Å². The van der Waals surface area contributed by atoms with Crippen molar-refractivity contribution in [3.8, 4) is 0 Å². The predicted molar refractivity (Wildman–Crippen MR) is 85.5 cm³/mol. The maximum Gasteiger partial charge on any atom is 0.170 e. The summed E-state index contributed by atoms with van der Waals surface area (Å²) in [5, 5.41) is 10.4. The third kappa shape index (κ3) is 2.42. The monoisotopic (exact) mass is 365 g/mol. The molecule has 3 rings (SSSR count). The molecule has 1 aliphatic rings. The lowest BCUT2D eigenvalue weighted by Crippen LogP contribution is -2.20. The average Bonchev–Trinajstić information content (AvgIpc) is 2.80. The number of thiazole rings is 1. The molecule has 6 heteroatoms. The number of hydrogen-bond donors (Lipinski definition) is 1. The first-order valence-corrected chi connectivity index (χ1v) is 8.15. The summed E-state index contributed by atoms with van der Waals surface area (Å²) in [6.45, 7) is 1.83. The van der Waals surface area contributed by atoms with Crippen LogP contribution in [0.4, 0.5) is 0 Å². The number of rotatable bonds is 1. The standard InChI is InChI=1S/C15H12BrNO3S/c1-7-8(5-6-11-13(7)17-15(16)21-11)14(20)12-9(18)3-2-4-10(12)19/h5-6,20H,2-4H2,1H3. The summed E-state index contributed by atoms with van der Waals surface area (Å²) in [4.78, 5) is 28.2. The number of hydrogen-bond acceptors (Lipinski definition) is 5. The third-order valence-corrected chi connectivity index (χ3v) is 5.12. The molecular weight excluding hydrogens is 354 g/mol. The van der Waals surface area contributed by atoms with Crippen molar-refractivity contribution in [2.24, 2.45) is 0 Å². The van der Waals surface area contributed by atoms with E-state index in [9.17, 15) is 14.7 Å². The van der Waals surface area contributed by atoms with Crippen molar-refractivity contribution in [2.45, 2.75) is 26.2 Å². The Morgan fingerprint density at radius 1 is 1.29 bits per heavy atom. The van der Waals surface area contributed by atoms with Crippen LogP contribution >= 0.6 is 27.3 Å². The minimum Gasteiger partial charge on any atom is -0.506 e. The van der Waals surface area contributed by atoms with Gasteiger partial charge in [0.05, 0.1) is 10.2 Å². The van der Waals surface area contributed by atoms with Crippen molar-refractivity contribution in [1.82, 2.24) is 4.98 Å². The number of carbonyl (C=O) groups is 2. The Balaban J connectivity index is 2.21. The molecule has 0 amide bonds. The Kier molecular flexibility index (Phi) is 3.67. The molecule has 0 unspecified atom stereocenters. The summed E-state index contributed by atoms with van der Waals surface area (Å²) < 4.78 is 1.75. The molecule has 0 spiro atoms. The van der Waals surface area contributed by atoms with E-state index in [0.29, 0.717) is 24.8 Å². The van der Waals surface area contributed by atoms with Crippen molar-refractivity contribution in [1.29, 1.82) is 0 Å². The van der Waals surface area contributed by atoms with E-state index in [1.807, 2.05) is 13.0 Å². The molecule has 0 bridgehead atoms. The van der Waals surface area contributed by atoms with E-state index in [1.54, 1.807) is 6.07 Å². The zero-order valence-electron chi connectivity index (χ0n) is 11.3. The summed E-state index contributed by atoms with van der Waals surface area (Å²) in [6, 6.07) is 3.58. The Labute approximate surface area is 133 Å². The number of aliphatic hydroxyl groups is 1. The maximum atomic E-state index is 11.9. The number of Topliss-reactive ketones (excluding diaryl/α,β-unsaturated/α-hetero) is 2. The molecule has 0 saturated heterocycles. The molecule has 21 heavy (non-hydrogen) atoms. The number of halogens is 1. The van der Waals surface area contributed by atoms with Gasteiger partial charge in [-0.2, -0.15) is 0 Å². The van der Waals surface area contributed by atoms with Crippen molar-refractivity contribution in [2.75, 3.05) is 0 Å². The van der Waals surface area contributed by atoms with Crippen LogP contribution < -0.4 is 0 Å². The van der Waals surface area contributed by atoms with Gasteiger partial charge in [-0.1, -0.05) is 0 Å². The lowest BCUT2D eigenvalue weighted by atomic mass is 9.89. The van der Waals surface area contributed by atoms with Gasteiger partial charge >= 0.3 is 0 Å². The van der Waals surface area contributed by atoms with Gasteiger partial charge < -0.3 is 5.11 Å². The molecule has 0 atom stereocenters. The molecule has 1 heterocycles. The van der Waals surface area contributed by atoms with Crippen LogP contribution in [0.3, 0.4) is 0 Å². The fourth-order valence-electron chi connectivity index (χ4n) is 2.57. The highest BCUT2D eigenvalue weighted by Gasteiger charge is 2.28. The fourth-order valence-corrected chi connectivity index (χ4v) is 4.02. The predicted octanol–water partition coefficient (Wildman–Crippen LogP) is 3.96. The zero-order valence-corrected chi connectivity index (χ0v) is 13.7. The van der Waals surface area contributed by atoms with Crippen LogP contribution in [0, 0.1) is 6.92 Å². The van der Waals surface area contributed by atoms with Crippen LogP contribution in [0.25, 0.3) is 16.0 Å². The molecule has 1 aromatic carbocycles. The SMILES string of the molecule is Cc1c(C(O)=C2C(=O)CCCC2=O)ccc2sc(Br)nc12. The van der Waals surface area contributed by atoms with E-state index in [0.717, 1.165) is 19.7 Å². The Bertz CT molecular complexity index is 789. The van der Waals surface area contributed by atoms with Crippen molar-refractivity contribution < 1.29 is 14.7 Å². The summed E-state index contributed by atoms with van der Waals surface area (Å²) >= 11 is 4.84. The molecule has 108 valence electrons. The smallest absolute Gasteiger partial charge is 0.170 e. The second kappa shape index (κ2) is 5.35. The van der Waals surface area contributed by atoms with E-state index in [-0.39, 0.29) is 22.9 Å². The molecule has 2 aromatic rings. The van der Waals surface area contributed by atoms with Gasteiger partial charge in [0, 0.05) is 18.4 Å². The highest BCUT2D eigenvalue weighted by Crippen LogP contribution is 2.33. The molecular formula is C15H12BrNO3S. The first-order chi connectivity index (χ1) is 9.99. The second-order valence-electron chi connectivity index (χ2n) is 4.98. The molecule has 1 N–H and O–H groups in total. The number of fused-ring (bicyclic) bond motifs is 1. The lowest BCUT2D eigenvalue weighted by Gasteiger charge is -2.15. The number of nitrogens with zero attached hydrogens (tertiary/aromatic N) is 1. The van der Waals surface area contributed by atoms with Gasteiger partial charge in [0.15, 0.2) is 15.5 Å². The molecule has 0 aliphatic heterocycles. The van der Waals surface area contributed by atoms with Gasteiger partial charge in [-0.25, -0.2) is 4.98 Å². The van der Waals surface area contributed by atoms with E-state index in [2.05, 4.69) is 20.9 Å². The number of benzene rings is 1. The zero-order chi connectivity index (χ0) is 15.1. The lowest BCUT2D eigenvalue weighted by molar-refractivity contribution is -0.123. The number of aryl methyl sites for hydroxylation is 1. The van der Waals surface area contributed by atoms with Crippen LogP contribution in [-0.4, -0.2) is 21.7 Å². The molecule has 0 radical (unpaired) electrons.